The number of thiazole rings is 1. The lowest BCUT2D eigenvalue weighted by molar-refractivity contribution is 0.187. The van der Waals surface area contributed by atoms with E-state index >= 15 is 0 Å². The molecule has 0 radical (unpaired) electrons. The Morgan fingerprint density at radius 1 is 1.50 bits per heavy atom. The number of aryl methyl sites for hydroxylation is 3. The molecular formula is C17H24N4O2S. The number of carbonyl (C=O) groups is 1. The second kappa shape index (κ2) is 6.93. The van der Waals surface area contributed by atoms with Crippen LogP contribution in [0.4, 0.5) is 4.79 Å². The molecule has 1 aliphatic rings. The summed E-state index contributed by atoms with van der Waals surface area (Å²) in [5.74, 6) is 0.771. The average Bonchev–Trinajstić information content (AvgIpc) is 3.26. The smallest absolute Gasteiger partial charge is 0.318 e. The number of nitrogens with one attached hydrogen (secondary N) is 1. The van der Waals surface area contributed by atoms with Crippen LogP contribution in [-0.2, 0) is 0 Å². The van der Waals surface area contributed by atoms with Crippen LogP contribution in [0.1, 0.15) is 66.0 Å². The highest BCUT2D eigenvalue weighted by Crippen LogP contribution is 2.33. The number of urea groups is 1. The van der Waals surface area contributed by atoms with Crippen LogP contribution in [0.15, 0.2) is 9.90 Å². The van der Waals surface area contributed by atoms with E-state index in [1.54, 1.807) is 11.3 Å². The van der Waals surface area contributed by atoms with Gasteiger partial charge in [0.25, 0.3) is 0 Å². The van der Waals surface area contributed by atoms with E-state index in [0.29, 0.717) is 0 Å². The molecule has 2 atom stereocenters. The third-order valence-corrected chi connectivity index (χ3v) is 5.43. The van der Waals surface area contributed by atoms with Gasteiger partial charge < -0.3 is 14.7 Å². The Morgan fingerprint density at radius 2 is 2.29 bits per heavy atom. The summed E-state index contributed by atoms with van der Waals surface area (Å²) in [5, 5.41) is 10.3. The van der Waals surface area contributed by atoms with Crippen molar-refractivity contribution in [3.63, 3.8) is 0 Å². The van der Waals surface area contributed by atoms with Crippen LogP contribution in [0.3, 0.4) is 0 Å². The number of carbonyl (C=O) groups excluding carboxylic acids is 1. The van der Waals surface area contributed by atoms with Crippen molar-refractivity contribution in [2.45, 2.75) is 59.0 Å². The molecule has 1 fully saturated rings. The number of amides is 2. The Labute approximate surface area is 146 Å². The molecule has 0 spiro atoms. The molecule has 130 valence electrons. The Morgan fingerprint density at radius 3 is 2.88 bits per heavy atom. The van der Waals surface area contributed by atoms with Gasteiger partial charge >= 0.3 is 6.03 Å². The van der Waals surface area contributed by atoms with Crippen molar-refractivity contribution in [3.05, 3.63) is 33.1 Å². The summed E-state index contributed by atoms with van der Waals surface area (Å²) in [6, 6.07) is -0.0331. The number of hydrogen-bond acceptors (Lipinski definition) is 5. The van der Waals surface area contributed by atoms with Crippen LogP contribution in [0, 0.1) is 20.8 Å². The zero-order valence-electron chi connectivity index (χ0n) is 14.6. The first-order valence-electron chi connectivity index (χ1n) is 8.43. The molecule has 3 heterocycles. The third-order valence-electron chi connectivity index (χ3n) is 4.63. The highest BCUT2D eigenvalue weighted by molar-refractivity contribution is 7.09. The van der Waals surface area contributed by atoms with Crippen LogP contribution in [0.2, 0.25) is 0 Å². The molecule has 0 saturated carbocycles. The van der Waals surface area contributed by atoms with Crippen LogP contribution < -0.4 is 5.32 Å². The Kier molecular flexibility index (Phi) is 4.89. The molecule has 0 aliphatic carbocycles. The van der Waals surface area contributed by atoms with Crippen molar-refractivity contribution in [2.24, 2.45) is 0 Å². The minimum Gasteiger partial charge on any atom is -0.361 e. The van der Waals surface area contributed by atoms with Gasteiger partial charge in [0.05, 0.1) is 28.5 Å². The third kappa shape index (κ3) is 3.17. The maximum absolute atomic E-state index is 12.9. The Balaban J connectivity index is 1.75. The monoisotopic (exact) mass is 348 g/mol. The molecule has 2 aromatic rings. The molecule has 2 amide bonds. The number of hydrogen-bond donors (Lipinski definition) is 1. The van der Waals surface area contributed by atoms with Crippen LogP contribution in [-0.4, -0.2) is 27.6 Å². The second-order valence-corrected chi connectivity index (χ2v) is 7.35. The van der Waals surface area contributed by atoms with E-state index in [4.69, 9.17) is 4.52 Å². The minimum atomic E-state index is -0.0813. The summed E-state index contributed by atoms with van der Waals surface area (Å²) in [6.45, 7) is 8.63. The van der Waals surface area contributed by atoms with E-state index in [-0.39, 0.29) is 18.1 Å². The molecule has 1 aliphatic heterocycles. The van der Waals surface area contributed by atoms with Gasteiger partial charge in [-0.3, -0.25) is 0 Å². The first kappa shape index (κ1) is 17.0. The lowest BCUT2D eigenvalue weighted by Crippen LogP contribution is -2.41. The molecule has 1 N–H and O–H groups in total. The molecule has 0 aromatic carbocycles. The summed E-state index contributed by atoms with van der Waals surface area (Å²) < 4.78 is 5.25. The van der Waals surface area contributed by atoms with Gasteiger partial charge in [-0.25, -0.2) is 9.78 Å². The Bertz CT molecular complexity index is 704. The van der Waals surface area contributed by atoms with Gasteiger partial charge in [-0.2, -0.15) is 0 Å². The maximum atomic E-state index is 12.9. The van der Waals surface area contributed by atoms with Gasteiger partial charge in [-0.1, -0.05) is 12.1 Å². The molecule has 6 nitrogen and oxygen atoms in total. The van der Waals surface area contributed by atoms with Crippen molar-refractivity contribution in [2.75, 3.05) is 6.54 Å². The lowest BCUT2D eigenvalue weighted by atomic mass is 10.0. The van der Waals surface area contributed by atoms with E-state index < -0.39 is 0 Å². The fourth-order valence-corrected chi connectivity index (χ4v) is 4.11. The molecule has 2 aromatic heterocycles. The van der Waals surface area contributed by atoms with E-state index in [1.807, 2.05) is 25.7 Å². The molecule has 1 unspecified atom stereocenters. The van der Waals surface area contributed by atoms with E-state index in [1.165, 1.54) is 0 Å². The maximum Gasteiger partial charge on any atom is 0.318 e. The molecule has 3 rings (SSSR count). The van der Waals surface area contributed by atoms with E-state index in [0.717, 1.165) is 53.5 Å². The largest absolute Gasteiger partial charge is 0.361 e. The summed E-state index contributed by atoms with van der Waals surface area (Å²) in [6.07, 6.45) is 2.78. The summed E-state index contributed by atoms with van der Waals surface area (Å²) >= 11 is 1.64. The summed E-state index contributed by atoms with van der Waals surface area (Å²) in [7, 11) is 0. The molecule has 24 heavy (non-hydrogen) atoms. The SMILES string of the molecule is CCC(NC(=O)N1CCC[C@@H]1c1csc(C)n1)c1c(C)noc1C. The molecular weight excluding hydrogens is 324 g/mol. The lowest BCUT2D eigenvalue weighted by Gasteiger charge is -2.27. The topological polar surface area (TPSA) is 71.3 Å². The molecule has 1 saturated heterocycles. The van der Waals surface area contributed by atoms with Gasteiger partial charge in [0.1, 0.15) is 5.76 Å². The van der Waals surface area contributed by atoms with E-state index in [2.05, 4.69) is 27.8 Å². The van der Waals surface area contributed by atoms with Crippen LogP contribution in [0.5, 0.6) is 0 Å². The van der Waals surface area contributed by atoms with Crippen molar-refractivity contribution in [1.29, 1.82) is 0 Å². The number of rotatable bonds is 4. The van der Waals surface area contributed by atoms with Crippen molar-refractivity contribution >= 4 is 17.4 Å². The zero-order valence-corrected chi connectivity index (χ0v) is 15.4. The minimum absolute atomic E-state index is 0.0324. The number of likely N-dealkylation sites (tertiary alicyclic amines) is 1. The second-order valence-electron chi connectivity index (χ2n) is 6.29. The fraction of sp³-hybridized carbons (Fsp3) is 0.588. The standard InChI is InChI=1S/C17H24N4O2S/c1-5-13(16-10(2)20-23-11(16)3)19-17(22)21-8-6-7-15(21)14-9-24-12(4)18-14/h9,13,15H,5-8H2,1-4H3,(H,19,22)/t13?,15-/m1/s1. The van der Waals surface area contributed by atoms with Gasteiger partial charge in [-0.15, -0.1) is 11.3 Å². The molecule has 7 heteroatoms. The Hall–Kier alpha value is -1.89. The van der Waals surface area contributed by atoms with Crippen LogP contribution >= 0.6 is 11.3 Å². The fourth-order valence-electron chi connectivity index (χ4n) is 3.45. The highest BCUT2D eigenvalue weighted by Gasteiger charge is 2.33. The van der Waals surface area contributed by atoms with Gasteiger partial charge in [0.2, 0.25) is 0 Å². The van der Waals surface area contributed by atoms with Crippen LogP contribution in [0.25, 0.3) is 0 Å². The first-order valence-corrected chi connectivity index (χ1v) is 9.31. The predicted octanol–water partition coefficient (Wildman–Crippen LogP) is 4.05. The highest BCUT2D eigenvalue weighted by atomic mass is 32.1. The predicted molar refractivity (Wildman–Crippen MR) is 93.1 cm³/mol. The quantitative estimate of drug-likeness (QED) is 0.904. The number of aromatic nitrogens is 2. The van der Waals surface area contributed by atoms with Crippen molar-refractivity contribution in [3.8, 4) is 0 Å². The normalized spacial score (nSPS) is 18.8. The summed E-state index contributed by atoms with van der Waals surface area (Å²) in [5.41, 5.74) is 2.84. The van der Waals surface area contributed by atoms with Gasteiger partial charge in [0, 0.05) is 17.5 Å². The summed E-state index contributed by atoms with van der Waals surface area (Å²) in [4.78, 5) is 19.3. The number of nitrogens with zero attached hydrogens (tertiary/aromatic N) is 3. The molecule has 0 bridgehead atoms. The van der Waals surface area contributed by atoms with E-state index in [9.17, 15) is 4.79 Å². The van der Waals surface area contributed by atoms with Crippen molar-refractivity contribution < 1.29 is 9.32 Å². The first-order chi connectivity index (χ1) is 11.5. The van der Waals surface area contributed by atoms with Gasteiger partial charge in [0.15, 0.2) is 0 Å². The van der Waals surface area contributed by atoms with Crippen molar-refractivity contribution in [1.82, 2.24) is 20.4 Å². The zero-order chi connectivity index (χ0) is 17.3. The van der Waals surface area contributed by atoms with Gasteiger partial charge in [-0.05, 0) is 40.0 Å². The average molecular weight is 348 g/mol.